The predicted octanol–water partition coefficient (Wildman–Crippen LogP) is 0.760. The van der Waals surface area contributed by atoms with Crippen LogP contribution in [0.1, 0.15) is 10.4 Å². The number of alkyl halides is 1. The van der Waals surface area contributed by atoms with Crippen molar-refractivity contribution >= 4 is 23.2 Å². The van der Waals surface area contributed by atoms with Gasteiger partial charge in [0, 0.05) is 38.4 Å². The molecule has 1 unspecified atom stereocenters. The standard InChI is InChI=1S/C16H24ClN3O3/c17-11-13(21)12-19-15-4-2-1-3-14(15)16(22)18-5-6-20-7-9-23-10-8-20/h1-4,13,19,21H,5-12H2,(H,18,22). The van der Waals surface area contributed by atoms with Crippen molar-refractivity contribution in [2.24, 2.45) is 0 Å². The first-order chi connectivity index (χ1) is 11.2. The Kier molecular flexibility index (Phi) is 7.61. The Morgan fingerprint density at radius 3 is 2.83 bits per heavy atom. The summed E-state index contributed by atoms with van der Waals surface area (Å²) in [4.78, 5) is 14.6. The zero-order chi connectivity index (χ0) is 16.5. The highest BCUT2D eigenvalue weighted by atomic mass is 35.5. The molecule has 1 atom stereocenters. The normalized spacial score (nSPS) is 16.8. The van der Waals surface area contributed by atoms with E-state index in [0.717, 1.165) is 32.8 Å². The molecule has 23 heavy (non-hydrogen) atoms. The largest absolute Gasteiger partial charge is 0.390 e. The van der Waals surface area contributed by atoms with Gasteiger partial charge >= 0.3 is 0 Å². The van der Waals surface area contributed by atoms with Crippen molar-refractivity contribution in [2.45, 2.75) is 6.10 Å². The number of nitrogens with one attached hydrogen (secondary N) is 2. The molecule has 1 heterocycles. The van der Waals surface area contributed by atoms with Gasteiger partial charge in [0.15, 0.2) is 0 Å². The average Bonchev–Trinajstić information content (AvgIpc) is 2.60. The first-order valence-electron chi connectivity index (χ1n) is 7.86. The molecule has 0 aliphatic carbocycles. The van der Waals surface area contributed by atoms with Crippen LogP contribution in [-0.2, 0) is 4.74 Å². The number of nitrogens with zero attached hydrogens (tertiary/aromatic N) is 1. The van der Waals surface area contributed by atoms with E-state index in [1.165, 1.54) is 0 Å². The molecule has 2 rings (SSSR count). The minimum atomic E-state index is -0.644. The monoisotopic (exact) mass is 341 g/mol. The van der Waals surface area contributed by atoms with Gasteiger partial charge in [-0.05, 0) is 12.1 Å². The lowest BCUT2D eigenvalue weighted by molar-refractivity contribution is 0.0383. The van der Waals surface area contributed by atoms with Gasteiger partial charge in [-0.1, -0.05) is 12.1 Å². The Balaban J connectivity index is 1.83. The van der Waals surface area contributed by atoms with Crippen molar-refractivity contribution in [3.63, 3.8) is 0 Å². The van der Waals surface area contributed by atoms with Gasteiger partial charge in [0.05, 0.1) is 30.8 Å². The number of benzene rings is 1. The molecular weight excluding hydrogens is 318 g/mol. The van der Waals surface area contributed by atoms with Crippen LogP contribution in [0.25, 0.3) is 0 Å². The summed E-state index contributed by atoms with van der Waals surface area (Å²) in [7, 11) is 0. The fourth-order valence-electron chi connectivity index (χ4n) is 2.37. The number of anilines is 1. The Labute approximate surface area is 141 Å². The van der Waals surface area contributed by atoms with Gasteiger partial charge in [-0.3, -0.25) is 9.69 Å². The smallest absolute Gasteiger partial charge is 0.253 e. The van der Waals surface area contributed by atoms with E-state index in [1.54, 1.807) is 6.07 Å². The molecule has 6 nitrogen and oxygen atoms in total. The molecule has 1 aromatic rings. The van der Waals surface area contributed by atoms with Crippen LogP contribution >= 0.6 is 11.6 Å². The molecule has 128 valence electrons. The summed E-state index contributed by atoms with van der Waals surface area (Å²) in [5.74, 6) is 0.0303. The lowest BCUT2D eigenvalue weighted by Crippen LogP contribution is -2.41. The van der Waals surface area contributed by atoms with Crippen LogP contribution < -0.4 is 10.6 Å². The second-order valence-electron chi connectivity index (χ2n) is 5.44. The van der Waals surface area contributed by atoms with Gasteiger partial charge in [-0.2, -0.15) is 0 Å². The summed E-state index contributed by atoms with van der Waals surface area (Å²) >= 11 is 5.58. The number of morpholine rings is 1. The molecule has 1 aromatic carbocycles. The fraction of sp³-hybridized carbons (Fsp3) is 0.562. The molecule has 7 heteroatoms. The van der Waals surface area contributed by atoms with Crippen LogP contribution in [0.3, 0.4) is 0 Å². The number of carbonyl (C=O) groups excluding carboxylic acids is 1. The van der Waals surface area contributed by atoms with E-state index in [4.69, 9.17) is 16.3 Å². The highest BCUT2D eigenvalue weighted by molar-refractivity contribution is 6.18. The lowest BCUT2D eigenvalue weighted by Gasteiger charge is -2.26. The number of ether oxygens (including phenoxy) is 1. The van der Waals surface area contributed by atoms with E-state index >= 15 is 0 Å². The third-order valence-electron chi connectivity index (χ3n) is 3.70. The first-order valence-corrected chi connectivity index (χ1v) is 8.39. The SMILES string of the molecule is O=C(NCCN1CCOCC1)c1ccccc1NCC(O)CCl. The fourth-order valence-corrected chi connectivity index (χ4v) is 2.47. The highest BCUT2D eigenvalue weighted by Gasteiger charge is 2.13. The molecule has 1 fully saturated rings. The molecule has 0 saturated carbocycles. The lowest BCUT2D eigenvalue weighted by atomic mass is 10.1. The summed E-state index contributed by atoms with van der Waals surface area (Å²) in [6.45, 7) is 5.04. The van der Waals surface area contributed by atoms with Crippen molar-refractivity contribution < 1.29 is 14.6 Å². The quantitative estimate of drug-likeness (QED) is 0.609. The zero-order valence-electron chi connectivity index (χ0n) is 13.1. The maximum Gasteiger partial charge on any atom is 0.253 e. The zero-order valence-corrected chi connectivity index (χ0v) is 13.9. The average molecular weight is 342 g/mol. The summed E-state index contributed by atoms with van der Waals surface area (Å²) < 4.78 is 5.30. The van der Waals surface area contributed by atoms with Gasteiger partial charge in [0.25, 0.3) is 5.91 Å². The van der Waals surface area contributed by atoms with Crippen LogP contribution in [-0.4, -0.2) is 73.8 Å². The molecule has 0 aromatic heterocycles. The second kappa shape index (κ2) is 9.72. The Hall–Kier alpha value is -1.34. The molecular formula is C16H24ClN3O3. The number of amides is 1. The number of halogens is 1. The Bertz CT molecular complexity index is 495. The van der Waals surface area contributed by atoms with Gasteiger partial charge in [0.2, 0.25) is 0 Å². The predicted molar refractivity (Wildman–Crippen MR) is 91.3 cm³/mol. The Morgan fingerprint density at radius 1 is 1.35 bits per heavy atom. The number of carbonyl (C=O) groups is 1. The summed E-state index contributed by atoms with van der Waals surface area (Å²) in [5.41, 5.74) is 1.26. The van der Waals surface area contributed by atoms with Crippen molar-refractivity contribution in [1.82, 2.24) is 10.2 Å². The second-order valence-corrected chi connectivity index (χ2v) is 5.75. The summed E-state index contributed by atoms with van der Waals surface area (Å²) in [6.07, 6.45) is -0.644. The van der Waals surface area contributed by atoms with E-state index in [-0.39, 0.29) is 11.8 Å². The third kappa shape index (κ3) is 5.99. The summed E-state index contributed by atoms with van der Waals surface area (Å²) in [6, 6.07) is 7.25. The molecule has 1 aliphatic rings. The van der Waals surface area contributed by atoms with Gasteiger partial charge < -0.3 is 20.5 Å². The van der Waals surface area contributed by atoms with E-state index in [9.17, 15) is 9.90 Å². The molecule has 1 saturated heterocycles. The van der Waals surface area contributed by atoms with Crippen LogP contribution in [0, 0.1) is 0 Å². The van der Waals surface area contributed by atoms with Gasteiger partial charge in [0.1, 0.15) is 0 Å². The van der Waals surface area contributed by atoms with E-state index in [0.29, 0.717) is 24.3 Å². The number of rotatable bonds is 8. The molecule has 1 aliphatic heterocycles. The Morgan fingerprint density at radius 2 is 2.09 bits per heavy atom. The van der Waals surface area contributed by atoms with Crippen molar-refractivity contribution in [2.75, 3.05) is 57.1 Å². The molecule has 0 radical (unpaired) electrons. The maximum absolute atomic E-state index is 12.3. The number of aliphatic hydroxyl groups excluding tert-OH is 1. The minimum absolute atomic E-state index is 0.123. The third-order valence-corrected chi connectivity index (χ3v) is 4.05. The van der Waals surface area contributed by atoms with Crippen LogP contribution in [0.4, 0.5) is 5.69 Å². The van der Waals surface area contributed by atoms with E-state index in [2.05, 4.69) is 15.5 Å². The molecule has 0 bridgehead atoms. The molecule has 1 amide bonds. The number of para-hydroxylation sites is 1. The number of hydrogen-bond acceptors (Lipinski definition) is 5. The van der Waals surface area contributed by atoms with Crippen LogP contribution in [0.5, 0.6) is 0 Å². The minimum Gasteiger partial charge on any atom is -0.390 e. The van der Waals surface area contributed by atoms with Crippen LogP contribution in [0.2, 0.25) is 0 Å². The topological polar surface area (TPSA) is 73.8 Å². The summed E-state index contributed by atoms with van der Waals surface area (Å²) in [5, 5.41) is 15.5. The van der Waals surface area contributed by atoms with E-state index < -0.39 is 6.10 Å². The highest BCUT2D eigenvalue weighted by Crippen LogP contribution is 2.15. The van der Waals surface area contributed by atoms with Crippen LogP contribution in [0.15, 0.2) is 24.3 Å². The van der Waals surface area contributed by atoms with Gasteiger partial charge in [-0.15, -0.1) is 11.6 Å². The van der Waals surface area contributed by atoms with Crippen molar-refractivity contribution in [3.8, 4) is 0 Å². The maximum atomic E-state index is 12.3. The number of hydrogen-bond donors (Lipinski definition) is 3. The van der Waals surface area contributed by atoms with E-state index in [1.807, 2.05) is 18.2 Å². The number of aliphatic hydroxyl groups is 1. The first kappa shape index (κ1) is 18.0. The van der Waals surface area contributed by atoms with Gasteiger partial charge in [-0.25, -0.2) is 0 Å². The van der Waals surface area contributed by atoms with Crippen molar-refractivity contribution in [3.05, 3.63) is 29.8 Å². The van der Waals surface area contributed by atoms with Crippen molar-refractivity contribution in [1.29, 1.82) is 0 Å². The molecule has 0 spiro atoms. The molecule has 3 N–H and O–H groups in total.